The molecular weight excluding hydrogens is 314 g/mol. The van der Waals surface area contributed by atoms with Crippen LogP contribution in [0.3, 0.4) is 0 Å². The predicted molar refractivity (Wildman–Crippen MR) is 114 cm³/mol. The lowest BCUT2D eigenvalue weighted by atomic mass is 10.0. The van der Waals surface area contributed by atoms with Crippen LogP contribution in [0.2, 0.25) is 0 Å². The third kappa shape index (κ3) is 14.7. The summed E-state index contributed by atoms with van der Waals surface area (Å²) in [6.45, 7) is 9.61. The normalized spacial score (nSPS) is 11.5. The molecule has 0 aliphatic rings. The van der Waals surface area contributed by atoms with E-state index in [2.05, 4.69) is 27.7 Å². The summed E-state index contributed by atoms with van der Waals surface area (Å²) in [6.07, 6.45) is 26.7. The van der Waals surface area contributed by atoms with Crippen LogP contribution in [0.15, 0.2) is 0 Å². The molecule has 0 aliphatic carbocycles. The first-order valence-electron chi connectivity index (χ1n) is 11.1. The second kappa shape index (κ2) is 19.7. The lowest BCUT2D eigenvalue weighted by Gasteiger charge is -2.23. The summed E-state index contributed by atoms with van der Waals surface area (Å²) in [5, 5.41) is 0. The van der Waals surface area contributed by atoms with Crippen LogP contribution in [0.25, 0.3) is 0 Å². The first kappa shape index (κ1) is 26.6. The van der Waals surface area contributed by atoms with Crippen molar-refractivity contribution in [2.45, 2.75) is 118 Å². The Morgan fingerprint density at radius 3 is 1.00 bits per heavy atom. The number of rotatable bonds is 18. The summed E-state index contributed by atoms with van der Waals surface area (Å²) in [4.78, 5) is 0. The Bertz CT molecular complexity index is 218. The maximum absolute atomic E-state index is 2.44. The van der Waals surface area contributed by atoms with Crippen molar-refractivity contribution >= 4 is 7.26 Å². The fourth-order valence-corrected chi connectivity index (χ4v) is 6.97. The van der Waals surface area contributed by atoms with Gasteiger partial charge in [0.1, 0.15) is 0 Å². The number of unbranched alkanes of at least 4 members (excludes halogenated alkanes) is 13. The van der Waals surface area contributed by atoms with Crippen molar-refractivity contribution in [1.82, 2.24) is 0 Å². The van der Waals surface area contributed by atoms with Crippen LogP contribution in [0, 0.1) is 0 Å². The van der Waals surface area contributed by atoms with Crippen molar-refractivity contribution < 1.29 is 4.70 Å². The zero-order valence-electron chi connectivity index (χ0n) is 17.6. The van der Waals surface area contributed by atoms with E-state index in [9.17, 15) is 0 Å². The minimum Gasteiger partial charge on any atom is -1.00 e. The molecule has 0 rings (SSSR count). The Morgan fingerprint density at radius 1 is 0.417 bits per heavy atom. The van der Waals surface area contributed by atoms with Gasteiger partial charge in [-0.25, -0.2) is 0 Å². The summed E-state index contributed by atoms with van der Waals surface area (Å²) in [6, 6.07) is 0. The number of hydrogen-bond donors (Lipinski definition) is 0. The molecule has 0 amide bonds. The van der Waals surface area contributed by atoms with Crippen molar-refractivity contribution in [3.8, 4) is 0 Å². The SMILES string of the molecule is CCCCCCCCCCCCCCCC[P+](CC)(CC)CC.[F-]. The van der Waals surface area contributed by atoms with Crippen LogP contribution in [-0.4, -0.2) is 24.6 Å². The molecule has 0 fully saturated rings. The molecule has 0 aromatic rings. The van der Waals surface area contributed by atoms with Crippen LogP contribution in [-0.2, 0) is 0 Å². The lowest BCUT2D eigenvalue weighted by Crippen LogP contribution is -3.00. The molecule has 0 saturated heterocycles. The summed E-state index contributed by atoms with van der Waals surface area (Å²) in [5.41, 5.74) is 0. The lowest BCUT2D eigenvalue weighted by molar-refractivity contribution is -0.00000531. The van der Waals surface area contributed by atoms with E-state index in [1.807, 2.05) is 0 Å². The molecule has 0 unspecified atom stereocenters. The largest absolute Gasteiger partial charge is 1.00 e. The van der Waals surface area contributed by atoms with Gasteiger partial charge in [0.05, 0.1) is 24.6 Å². The van der Waals surface area contributed by atoms with Gasteiger partial charge in [-0.05, 0) is 33.6 Å². The van der Waals surface area contributed by atoms with Crippen molar-refractivity contribution in [2.24, 2.45) is 0 Å². The summed E-state index contributed by atoms with van der Waals surface area (Å²) in [5.74, 6) is 0. The van der Waals surface area contributed by atoms with E-state index in [-0.39, 0.29) is 4.70 Å². The van der Waals surface area contributed by atoms with Crippen LogP contribution in [0.4, 0.5) is 0 Å². The predicted octanol–water partition coefficient (Wildman–Crippen LogP) is 5.55. The van der Waals surface area contributed by atoms with E-state index < -0.39 is 7.26 Å². The highest BCUT2D eigenvalue weighted by atomic mass is 31.2. The summed E-state index contributed by atoms with van der Waals surface area (Å²) >= 11 is 0. The van der Waals surface area contributed by atoms with Crippen molar-refractivity contribution in [1.29, 1.82) is 0 Å². The maximum Gasteiger partial charge on any atom is 0.0594 e. The molecule has 0 heterocycles. The molecule has 2 heteroatoms. The highest BCUT2D eigenvalue weighted by Gasteiger charge is 2.29. The van der Waals surface area contributed by atoms with Gasteiger partial charge in [-0.15, -0.1) is 0 Å². The van der Waals surface area contributed by atoms with Crippen LogP contribution < -0.4 is 4.70 Å². The Morgan fingerprint density at radius 2 is 0.708 bits per heavy atom. The quantitative estimate of drug-likeness (QED) is 0.221. The first-order chi connectivity index (χ1) is 11.2. The second-order valence-electron chi connectivity index (χ2n) is 7.61. The van der Waals surface area contributed by atoms with E-state index >= 15 is 0 Å². The molecule has 148 valence electrons. The molecule has 0 bridgehead atoms. The third-order valence-corrected chi connectivity index (χ3v) is 11.3. The molecule has 0 N–H and O–H groups in total. The smallest absolute Gasteiger partial charge is 0.0594 e. The monoisotopic (exact) mass is 362 g/mol. The Balaban J connectivity index is 0. The minimum absolute atomic E-state index is 0. The average molecular weight is 363 g/mol. The maximum atomic E-state index is 2.44. The minimum atomic E-state index is -0.523. The molecular formula is C22H48FP. The molecule has 0 atom stereocenters. The van der Waals surface area contributed by atoms with Crippen molar-refractivity contribution in [3.05, 3.63) is 0 Å². The van der Waals surface area contributed by atoms with Gasteiger partial charge in [0.2, 0.25) is 0 Å². The molecule has 0 radical (unpaired) electrons. The molecule has 0 aromatic heterocycles. The van der Waals surface area contributed by atoms with Gasteiger partial charge in [-0.3, -0.25) is 0 Å². The molecule has 0 spiro atoms. The van der Waals surface area contributed by atoms with Gasteiger partial charge in [-0.1, -0.05) is 84.0 Å². The van der Waals surface area contributed by atoms with Gasteiger partial charge in [0.15, 0.2) is 0 Å². The van der Waals surface area contributed by atoms with E-state index in [4.69, 9.17) is 0 Å². The van der Waals surface area contributed by atoms with Gasteiger partial charge in [-0.2, -0.15) is 0 Å². The molecule has 24 heavy (non-hydrogen) atoms. The van der Waals surface area contributed by atoms with Gasteiger partial charge < -0.3 is 4.70 Å². The molecule has 0 saturated carbocycles. The third-order valence-electron chi connectivity index (χ3n) is 6.00. The van der Waals surface area contributed by atoms with Crippen LogP contribution >= 0.6 is 7.26 Å². The summed E-state index contributed by atoms with van der Waals surface area (Å²) in [7, 11) is -0.523. The average Bonchev–Trinajstić information content (AvgIpc) is 2.59. The Labute approximate surface area is 154 Å². The molecule has 0 aromatic carbocycles. The summed E-state index contributed by atoms with van der Waals surface area (Å²) < 4.78 is 0. The fraction of sp³-hybridized carbons (Fsp3) is 1.00. The Kier molecular flexibility index (Phi) is 21.8. The highest BCUT2D eigenvalue weighted by Crippen LogP contribution is 2.58. The standard InChI is InChI=1S/C22H48P.FH/c1-5-9-10-11-12-13-14-15-16-17-18-19-20-21-22-23(6-2,7-3)8-4;/h5-22H2,1-4H3;1H/q+1;/p-1. The van der Waals surface area contributed by atoms with Crippen molar-refractivity contribution in [2.75, 3.05) is 24.6 Å². The van der Waals surface area contributed by atoms with Crippen LogP contribution in [0.5, 0.6) is 0 Å². The second-order valence-corrected chi connectivity index (χ2v) is 12.6. The van der Waals surface area contributed by atoms with Gasteiger partial charge >= 0.3 is 0 Å². The number of hydrogen-bond acceptors (Lipinski definition) is 0. The highest BCUT2D eigenvalue weighted by molar-refractivity contribution is 7.75. The first-order valence-corrected chi connectivity index (χ1v) is 13.6. The van der Waals surface area contributed by atoms with E-state index in [0.717, 1.165) is 0 Å². The zero-order chi connectivity index (χ0) is 17.2. The topological polar surface area (TPSA) is 0 Å². The van der Waals surface area contributed by atoms with Gasteiger partial charge in [0, 0.05) is 7.26 Å². The number of halogens is 1. The van der Waals surface area contributed by atoms with Crippen LogP contribution in [0.1, 0.15) is 118 Å². The zero-order valence-corrected chi connectivity index (χ0v) is 18.4. The Hall–Kier alpha value is 0.360. The van der Waals surface area contributed by atoms with E-state index in [1.165, 1.54) is 108 Å². The molecule has 0 aliphatic heterocycles. The van der Waals surface area contributed by atoms with Gasteiger partial charge in [0.25, 0.3) is 0 Å². The fourth-order valence-electron chi connectivity index (χ4n) is 3.79. The van der Waals surface area contributed by atoms with E-state index in [0.29, 0.717) is 0 Å². The molecule has 0 nitrogen and oxygen atoms in total. The van der Waals surface area contributed by atoms with Crippen molar-refractivity contribution in [3.63, 3.8) is 0 Å². The van der Waals surface area contributed by atoms with E-state index in [1.54, 1.807) is 6.16 Å².